The van der Waals surface area contributed by atoms with Gasteiger partial charge in [-0.1, -0.05) is 87.3 Å². The number of rotatable bonds is 3. The Morgan fingerprint density at radius 1 is 0.865 bits per heavy atom. The Balaban J connectivity index is 0.000000294. The van der Waals surface area contributed by atoms with E-state index >= 15 is 0 Å². The van der Waals surface area contributed by atoms with Crippen molar-refractivity contribution in [3.8, 4) is 12.1 Å². The van der Waals surface area contributed by atoms with Gasteiger partial charge in [-0.2, -0.15) is 23.7 Å². The fourth-order valence-corrected chi connectivity index (χ4v) is 4.42. The number of benzene rings is 2. The number of alkyl halides is 3. The Hall–Kier alpha value is -2.14. The highest BCUT2D eigenvalue weighted by Crippen LogP contribution is 2.40. The third-order valence-electron chi connectivity index (χ3n) is 4.34. The Morgan fingerprint density at radius 3 is 1.81 bits per heavy atom. The molecular formula is C22H8Cl7F3N4O. The number of nitriles is 2. The summed E-state index contributed by atoms with van der Waals surface area (Å²) in [6.45, 7) is -0.169. The van der Waals surface area contributed by atoms with Crippen molar-refractivity contribution < 1.29 is 18.0 Å². The molecule has 0 saturated carbocycles. The maximum atomic E-state index is 12.5. The third kappa shape index (κ3) is 7.46. The molecule has 1 amide bonds. The third-order valence-corrected chi connectivity index (χ3v) is 7.00. The molecule has 0 bridgehead atoms. The molecule has 0 radical (unpaired) electrons. The summed E-state index contributed by atoms with van der Waals surface area (Å²) in [6.07, 6.45) is -3.89. The van der Waals surface area contributed by atoms with Gasteiger partial charge in [0.1, 0.15) is 12.1 Å². The van der Waals surface area contributed by atoms with Gasteiger partial charge in [0.05, 0.1) is 69.7 Å². The molecule has 0 aliphatic heterocycles. The van der Waals surface area contributed by atoms with Gasteiger partial charge in [0.2, 0.25) is 0 Å². The number of nitrogens with one attached hydrogen (secondary N) is 1. The number of carbonyl (C=O) groups is 1. The number of hydrogen-bond donors (Lipinski definition) is 1. The molecular weight excluding hydrogens is 641 g/mol. The van der Waals surface area contributed by atoms with Gasteiger partial charge in [-0.25, -0.2) is 0 Å². The monoisotopic (exact) mass is 646 g/mol. The number of halogens is 10. The molecule has 3 aromatic rings. The maximum absolute atomic E-state index is 12.5. The van der Waals surface area contributed by atoms with Crippen LogP contribution in [0.1, 0.15) is 32.7 Å². The lowest BCUT2D eigenvalue weighted by molar-refractivity contribution is -0.137. The molecule has 37 heavy (non-hydrogen) atoms. The van der Waals surface area contributed by atoms with Crippen LogP contribution in [-0.2, 0) is 12.7 Å². The lowest BCUT2D eigenvalue weighted by atomic mass is 10.1. The first-order chi connectivity index (χ1) is 17.2. The summed E-state index contributed by atoms with van der Waals surface area (Å²) in [4.78, 5) is 15.7. The minimum atomic E-state index is -4.54. The molecule has 1 N–H and O–H groups in total. The van der Waals surface area contributed by atoms with Crippen LogP contribution in [0.5, 0.6) is 0 Å². The second-order valence-corrected chi connectivity index (χ2v) is 9.39. The molecule has 5 nitrogen and oxygen atoms in total. The van der Waals surface area contributed by atoms with Crippen molar-refractivity contribution in [2.24, 2.45) is 0 Å². The summed E-state index contributed by atoms with van der Waals surface area (Å²) in [6, 6.07) is 8.81. The SMILES string of the molecule is N#Cc1c(Cl)c(Cl)c(Cl)c(C#N)c1Cl.O=C(NCc1ncc(C(F)(F)F)cc1Cl)c1c(Cl)cccc1Cl. The van der Waals surface area contributed by atoms with Crippen LogP contribution in [0.15, 0.2) is 30.5 Å². The standard InChI is InChI=1S/C14H8Cl3F3N2O.C8Cl4N2/c15-8-2-1-3-9(16)12(8)13(23)22-6-11-10(17)4-7(5-21-11)14(18,19)20;9-5-3(1-13)6(10)8(12)7(11)4(5)2-14/h1-5H,6H2,(H,22,23);. The van der Waals surface area contributed by atoms with Crippen LogP contribution in [0.2, 0.25) is 35.2 Å². The van der Waals surface area contributed by atoms with Crippen LogP contribution >= 0.6 is 81.2 Å². The Bertz CT molecular complexity index is 1390. The summed E-state index contributed by atoms with van der Waals surface area (Å²) < 4.78 is 37.6. The van der Waals surface area contributed by atoms with Gasteiger partial charge in [0, 0.05) is 6.20 Å². The summed E-state index contributed by atoms with van der Waals surface area (Å²) in [5.41, 5.74) is -0.889. The zero-order valence-electron chi connectivity index (χ0n) is 17.6. The molecule has 0 atom stereocenters. The van der Waals surface area contributed by atoms with E-state index in [4.69, 9.17) is 91.7 Å². The van der Waals surface area contributed by atoms with Crippen LogP contribution in [0, 0.1) is 22.7 Å². The van der Waals surface area contributed by atoms with Crippen molar-refractivity contribution in [3.05, 3.63) is 93.6 Å². The van der Waals surface area contributed by atoms with Gasteiger partial charge in [0.15, 0.2) is 0 Å². The van der Waals surface area contributed by atoms with Crippen LogP contribution in [-0.4, -0.2) is 10.9 Å². The molecule has 1 heterocycles. The van der Waals surface area contributed by atoms with E-state index in [9.17, 15) is 18.0 Å². The minimum Gasteiger partial charge on any atom is -0.346 e. The van der Waals surface area contributed by atoms with Gasteiger partial charge < -0.3 is 5.32 Å². The van der Waals surface area contributed by atoms with Gasteiger partial charge in [-0.05, 0) is 18.2 Å². The number of nitrogens with zero attached hydrogens (tertiary/aromatic N) is 3. The largest absolute Gasteiger partial charge is 0.417 e. The number of aromatic nitrogens is 1. The quantitative estimate of drug-likeness (QED) is 0.227. The summed E-state index contributed by atoms with van der Waals surface area (Å²) in [5.74, 6) is -0.585. The number of hydrogen-bond acceptors (Lipinski definition) is 4. The predicted molar refractivity (Wildman–Crippen MR) is 138 cm³/mol. The molecule has 192 valence electrons. The lowest BCUT2D eigenvalue weighted by Gasteiger charge is -2.11. The zero-order valence-corrected chi connectivity index (χ0v) is 22.9. The van der Waals surface area contributed by atoms with Gasteiger partial charge in [0.25, 0.3) is 5.91 Å². The highest BCUT2D eigenvalue weighted by molar-refractivity contribution is 6.50. The van der Waals surface area contributed by atoms with E-state index in [0.717, 1.165) is 6.07 Å². The highest BCUT2D eigenvalue weighted by atomic mass is 35.5. The first-order valence-electron chi connectivity index (χ1n) is 9.34. The molecule has 0 aliphatic rings. The van der Waals surface area contributed by atoms with Crippen molar-refractivity contribution in [1.82, 2.24) is 10.3 Å². The predicted octanol–water partition coefficient (Wildman–Crippen LogP) is 9.03. The summed E-state index contributed by atoms with van der Waals surface area (Å²) in [7, 11) is 0. The lowest BCUT2D eigenvalue weighted by Crippen LogP contribution is -2.24. The van der Waals surface area contributed by atoms with Crippen molar-refractivity contribution in [1.29, 1.82) is 10.5 Å². The fourth-order valence-electron chi connectivity index (χ4n) is 2.55. The van der Waals surface area contributed by atoms with E-state index in [0.29, 0.717) is 6.20 Å². The second-order valence-electron chi connectivity index (χ2n) is 6.66. The number of carbonyl (C=O) groups excluding carboxylic acids is 1. The Kier molecular flexibility index (Phi) is 11.0. The van der Waals surface area contributed by atoms with E-state index in [1.54, 1.807) is 18.2 Å². The Morgan fingerprint density at radius 2 is 1.38 bits per heavy atom. The molecule has 3 rings (SSSR count). The summed E-state index contributed by atoms with van der Waals surface area (Å²) >= 11 is 40.4. The molecule has 0 aliphatic carbocycles. The first-order valence-corrected chi connectivity index (χ1v) is 12.0. The molecule has 15 heteroatoms. The van der Waals surface area contributed by atoms with E-state index in [2.05, 4.69) is 10.3 Å². The van der Waals surface area contributed by atoms with Crippen LogP contribution in [0.4, 0.5) is 13.2 Å². The smallest absolute Gasteiger partial charge is 0.346 e. The molecule has 0 unspecified atom stereocenters. The van der Waals surface area contributed by atoms with E-state index in [1.165, 1.54) is 12.1 Å². The fraction of sp³-hybridized carbons (Fsp3) is 0.0909. The van der Waals surface area contributed by atoms with Crippen LogP contribution < -0.4 is 5.32 Å². The normalized spacial score (nSPS) is 10.6. The molecule has 2 aromatic carbocycles. The number of pyridine rings is 1. The van der Waals surface area contributed by atoms with Gasteiger partial charge in [-0.15, -0.1) is 0 Å². The molecule has 0 spiro atoms. The highest BCUT2D eigenvalue weighted by Gasteiger charge is 2.31. The maximum Gasteiger partial charge on any atom is 0.417 e. The zero-order chi connectivity index (χ0) is 28.1. The molecule has 1 aromatic heterocycles. The van der Waals surface area contributed by atoms with Crippen molar-refractivity contribution >= 4 is 87.1 Å². The number of amides is 1. The van der Waals surface area contributed by atoms with Gasteiger partial charge >= 0.3 is 6.18 Å². The average molecular weight is 649 g/mol. The summed E-state index contributed by atoms with van der Waals surface area (Å²) in [5, 5.41) is 19.8. The van der Waals surface area contributed by atoms with E-state index in [1.807, 2.05) is 0 Å². The topological polar surface area (TPSA) is 89.6 Å². The first kappa shape index (κ1) is 31.1. The minimum absolute atomic E-state index is 0.0363. The van der Waals surface area contributed by atoms with E-state index < -0.39 is 17.6 Å². The van der Waals surface area contributed by atoms with Crippen molar-refractivity contribution in [3.63, 3.8) is 0 Å². The van der Waals surface area contributed by atoms with Gasteiger partial charge in [-0.3, -0.25) is 9.78 Å². The van der Waals surface area contributed by atoms with Crippen molar-refractivity contribution in [2.45, 2.75) is 12.7 Å². The second kappa shape index (κ2) is 13.1. The molecule has 0 fully saturated rings. The van der Waals surface area contributed by atoms with Crippen LogP contribution in [0.3, 0.4) is 0 Å². The Labute approximate surface area is 243 Å². The average Bonchev–Trinajstić information content (AvgIpc) is 2.82. The van der Waals surface area contributed by atoms with Crippen molar-refractivity contribution in [2.75, 3.05) is 0 Å². The van der Waals surface area contributed by atoms with Crippen LogP contribution in [0.25, 0.3) is 0 Å². The van der Waals surface area contributed by atoms with E-state index in [-0.39, 0.29) is 64.1 Å². The molecule has 0 saturated heterocycles.